The second kappa shape index (κ2) is 6.63. The molecule has 2 aromatic heterocycles. The lowest BCUT2D eigenvalue weighted by Gasteiger charge is -2.13. The van der Waals surface area contributed by atoms with Crippen LogP contribution < -0.4 is 5.73 Å². The van der Waals surface area contributed by atoms with Gasteiger partial charge in [0.25, 0.3) is 0 Å². The fourth-order valence-electron chi connectivity index (χ4n) is 3.93. The number of amidine groups is 1. The van der Waals surface area contributed by atoms with Gasteiger partial charge < -0.3 is 15.3 Å². The third kappa shape index (κ3) is 2.97. The van der Waals surface area contributed by atoms with Crippen LogP contribution in [0.2, 0.25) is 0 Å². The number of aryl methyl sites for hydroxylation is 1. The number of H-pyrrole nitrogens is 1. The maximum atomic E-state index is 7.83. The molecule has 5 aromatic rings. The van der Waals surface area contributed by atoms with Crippen LogP contribution >= 0.6 is 0 Å². The van der Waals surface area contributed by atoms with Crippen LogP contribution in [0.1, 0.15) is 16.8 Å². The predicted molar refractivity (Wildman–Crippen MR) is 118 cm³/mol. The van der Waals surface area contributed by atoms with E-state index >= 15 is 0 Å². The first-order valence-corrected chi connectivity index (χ1v) is 9.56. The van der Waals surface area contributed by atoms with Gasteiger partial charge in [0.05, 0.1) is 5.69 Å². The number of imidazole rings is 1. The largest absolute Gasteiger partial charge is 0.384 e. The second-order valence-corrected chi connectivity index (χ2v) is 7.36. The summed E-state index contributed by atoms with van der Waals surface area (Å²) in [5, 5.41) is 11.4. The van der Waals surface area contributed by atoms with Crippen molar-refractivity contribution in [1.29, 1.82) is 5.41 Å². The summed E-state index contributed by atoms with van der Waals surface area (Å²) in [5.41, 5.74) is 10.8. The smallest absolute Gasteiger partial charge is 0.154 e. The lowest BCUT2D eigenvalue weighted by Crippen LogP contribution is -2.11. The highest BCUT2D eigenvalue weighted by molar-refractivity contribution is 5.99. The zero-order chi connectivity index (χ0) is 20.0. The number of nitrogen functional groups attached to an aromatic ring is 1. The van der Waals surface area contributed by atoms with Gasteiger partial charge in [-0.05, 0) is 35.4 Å². The van der Waals surface area contributed by atoms with Crippen molar-refractivity contribution in [1.82, 2.24) is 14.5 Å². The first-order valence-electron chi connectivity index (χ1n) is 9.56. The number of aromatic nitrogens is 3. The third-order valence-corrected chi connectivity index (χ3v) is 5.37. The normalized spacial score (nSPS) is 11.3. The molecule has 5 nitrogen and oxygen atoms in total. The van der Waals surface area contributed by atoms with E-state index in [9.17, 15) is 0 Å². The Morgan fingerprint density at radius 1 is 1.03 bits per heavy atom. The van der Waals surface area contributed by atoms with Crippen LogP contribution in [0, 0.1) is 12.3 Å². The van der Waals surface area contributed by atoms with Gasteiger partial charge in [0.1, 0.15) is 5.84 Å². The summed E-state index contributed by atoms with van der Waals surface area (Å²) in [4.78, 5) is 7.92. The van der Waals surface area contributed by atoms with Gasteiger partial charge in [0.2, 0.25) is 0 Å². The Morgan fingerprint density at radius 3 is 2.66 bits per heavy atom. The highest BCUT2D eigenvalue weighted by atomic mass is 15.0. The highest BCUT2D eigenvalue weighted by Crippen LogP contribution is 2.30. The molecule has 0 amide bonds. The number of nitrogens with two attached hydrogens (primary N) is 1. The summed E-state index contributed by atoms with van der Waals surface area (Å²) < 4.78 is 2.25. The quantitative estimate of drug-likeness (QED) is 0.309. The van der Waals surface area contributed by atoms with Gasteiger partial charge in [-0.3, -0.25) is 5.41 Å². The average Bonchev–Trinajstić information content (AvgIpc) is 3.31. The zero-order valence-corrected chi connectivity index (χ0v) is 16.1. The molecule has 0 aliphatic carbocycles. The van der Waals surface area contributed by atoms with E-state index in [1.165, 1.54) is 16.3 Å². The molecule has 5 heteroatoms. The molecule has 2 heterocycles. The molecule has 0 fully saturated rings. The molecule has 0 saturated heterocycles. The molecule has 4 N–H and O–H groups in total. The van der Waals surface area contributed by atoms with Gasteiger partial charge in [-0.25, -0.2) is 4.98 Å². The number of benzene rings is 3. The van der Waals surface area contributed by atoms with Crippen molar-refractivity contribution in [3.63, 3.8) is 0 Å². The van der Waals surface area contributed by atoms with E-state index in [1.54, 1.807) is 0 Å². The summed E-state index contributed by atoms with van der Waals surface area (Å²) >= 11 is 0. The maximum Gasteiger partial charge on any atom is 0.154 e. The van der Waals surface area contributed by atoms with Crippen LogP contribution in [-0.4, -0.2) is 20.4 Å². The average molecular weight is 379 g/mol. The Hall–Kier alpha value is -3.86. The number of hydrogen-bond donors (Lipinski definition) is 3. The van der Waals surface area contributed by atoms with E-state index < -0.39 is 0 Å². The van der Waals surface area contributed by atoms with Crippen molar-refractivity contribution in [3.05, 3.63) is 89.7 Å². The third-order valence-electron chi connectivity index (χ3n) is 5.37. The Balaban J connectivity index is 1.75. The molecule has 0 aliphatic rings. The fourth-order valence-corrected chi connectivity index (χ4v) is 3.93. The van der Waals surface area contributed by atoms with Crippen LogP contribution in [-0.2, 0) is 6.54 Å². The van der Waals surface area contributed by atoms with Crippen LogP contribution in [0.5, 0.6) is 0 Å². The van der Waals surface area contributed by atoms with Gasteiger partial charge in [-0.2, -0.15) is 0 Å². The fraction of sp³-hybridized carbons (Fsp3) is 0.0833. The first-order chi connectivity index (χ1) is 14.1. The second-order valence-electron chi connectivity index (χ2n) is 7.36. The Kier molecular flexibility index (Phi) is 3.95. The van der Waals surface area contributed by atoms with Crippen molar-refractivity contribution in [3.8, 4) is 11.5 Å². The Morgan fingerprint density at radius 2 is 1.86 bits per heavy atom. The molecule has 0 radical (unpaired) electrons. The summed E-state index contributed by atoms with van der Waals surface area (Å²) in [6.45, 7) is 2.70. The van der Waals surface area contributed by atoms with Crippen molar-refractivity contribution >= 4 is 27.5 Å². The molecule has 0 spiro atoms. The number of nitrogens with one attached hydrogen (secondary N) is 2. The molecule has 0 saturated carbocycles. The van der Waals surface area contributed by atoms with E-state index in [-0.39, 0.29) is 5.84 Å². The van der Waals surface area contributed by atoms with Gasteiger partial charge in [-0.15, -0.1) is 0 Å². The van der Waals surface area contributed by atoms with E-state index in [4.69, 9.17) is 11.1 Å². The van der Waals surface area contributed by atoms with Crippen molar-refractivity contribution < 1.29 is 0 Å². The molecule has 0 bridgehead atoms. The standard InChI is InChI=1S/C24H21N5/c1-15-13-27-24(28-15)22-11-17-9-10-18(23(25)26)12-21(17)29(22)14-19-7-4-6-16-5-2-3-8-20(16)19/h2-13H,14H2,1H3,(H3,25,26)(H,27,28). The topological polar surface area (TPSA) is 83.5 Å². The molecule has 29 heavy (non-hydrogen) atoms. The minimum Gasteiger partial charge on any atom is -0.384 e. The lowest BCUT2D eigenvalue weighted by atomic mass is 10.0. The number of hydrogen-bond acceptors (Lipinski definition) is 2. The minimum atomic E-state index is 0.0696. The van der Waals surface area contributed by atoms with Crippen LogP contribution in [0.4, 0.5) is 0 Å². The van der Waals surface area contributed by atoms with E-state index in [1.807, 2.05) is 31.3 Å². The van der Waals surface area contributed by atoms with E-state index in [0.29, 0.717) is 6.54 Å². The van der Waals surface area contributed by atoms with Crippen LogP contribution in [0.15, 0.2) is 72.9 Å². The molecule has 0 atom stereocenters. The number of nitrogens with zero attached hydrogens (tertiary/aromatic N) is 2. The number of fused-ring (bicyclic) bond motifs is 2. The molecular formula is C24H21N5. The SMILES string of the molecule is Cc1cnc(-c2cc3ccc(C(=N)N)cc3n2Cc2cccc3ccccc23)[nH]1. The molecule has 0 unspecified atom stereocenters. The molecule has 5 rings (SSSR count). The first kappa shape index (κ1) is 17.3. The van der Waals surface area contributed by atoms with E-state index in [0.717, 1.165) is 33.7 Å². The predicted octanol–water partition coefficient (Wildman–Crippen LogP) is 4.83. The van der Waals surface area contributed by atoms with Gasteiger partial charge >= 0.3 is 0 Å². The minimum absolute atomic E-state index is 0.0696. The van der Waals surface area contributed by atoms with Crippen molar-refractivity contribution in [2.75, 3.05) is 0 Å². The van der Waals surface area contributed by atoms with Crippen LogP contribution in [0.25, 0.3) is 33.2 Å². The molecule has 0 aliphatic heterocycles. The highest BCUT2D eigenvalue weighted by Gasteiger charge is 2.15. The summed E-state index contributed by atoms with van der Waals surface area (Å²) in [6, 6.07) is 22.9. The Labute approximate surface area is 168 Å². The molecule has 142 valence electrons. The van der Waals surface area contributed by atoms with Crippen LogP contribution in [0.3, 0.4) is 0 Å². The summed E-state index contributed by atoms with van der Waals surface area (Å²) in [6.07, 6.45) is 1.84. The maximum absolute atomic E-state index is 7.83. The number of rotatable bonds is 4. The van der Waals surface area contributed by atoms with Gasteiger partial charge in [0, 0.05) is 34.9 Å². The van der Waals surface area contributed by atoms with Gasteiger partial charge in [-0.1, -0.05) is 54.6 Å². The molecular weight excluding hydrogens is 358 g/mol. The Bertz CT molecular complexity index is 1370. The molecule has 3 aromatic carbocycles. The summed E-state index contributed by atoms with van der Waals surface area (Å²) in [5.74, 6) is 0.906. The van der Waals surface area contributed by atoms with Crippen molar-refractivity contribution in [2.24, 2.45) is 5.73 Å². The lowest BCUT2D eigenvalue weighted by molar-refractivity contribution is 0.844. The zero-order valence-electron chi connectivity index (χ0n) is 16.1. The van der Waals surface area contributed by atoms with Crippen molar-refractivity contribution in [2.45, 2.75) is 13.5 Å². The monoisotopic (exact) mass is 379 g/mol. The summed E-state index contributed by atoms with van der Waals surface area (Å²) in [7, 11) is 0. The van der Waals surface area contributed by atoms with E-state index in [2.05, 4.69) is 63.1 Å². The van der Waals surface area contributed by atoms with Gasteiger partial charge in [0.15, 0.2) is 5.82 Å². The number of aromatic amines is 1.